The Kier molecular flexibility index (Phi) is 6.11. The van der Waals surface area contributed by atoms with E-state index < -0.39 is 4.92 Å². The summed E-state index contributed by atoms with van der Waals surface area (Å²) < 4.78 is 0. The summed E-state index contributed by atoms with van der Waals surface area (Å²) in [5.41, 5.74) is 6.64. The molecule has 0 aromatic heterocycles. The summed E-state index contributed by atoms with van der Waals surface area (Å²) in [6, 6.07) is 6.49. The molecule has 0 aliphatic heterocycles. The summed E-state index contributed by atoms with van der Waals surface area (Å²) in [5, 5.41) is 10.6. The molecule has 0 saturated heterocycles. The number of carbonyl (C=O) groups excluding carboxylic acids is 1. The lowest BCUT2D eigenvalue weighted by molar-refractivity contribution is -0.384. The highest BCUT2D eigenvalue weighted by Gasteiger charge is 2.32. The van der Waals surface area contributed by atoms with Gasteiger partial charge in [0.2, 0.25) is 5.91 Å². The van der Waals surface area contributed by atoms with Crippen molar-refractivity contribution in [1.29, 1.82) is 0 Å². The zero-order chi connectivity index (χ0) is 14.7. The number of non-ortho nitro benzene ring substituents is 1. The van der Waals surface area contributed by atoms with Crippen molar-refractivity contribution in [2.24, 2.45) is 5.73 Å². The number of nitrogens with zero attached hydrogens (tertiary/aromatic N) is 2. The van der Waals surface area contributed by atoms with E-state index in [4.69, 9.17) is 5.73 Å². The third-order valence-electron chi connectivity index (χ3n) is 3.30. The van der Waals surface area contributed by atoms with Crippen LogP contribution in [0.5, 0.6) is 0 Å². The fourth-order valence-electron chi connectivity index (χ4n) is 2.12. The molecule has 2 rings (SSSR count). The van der Waals surface area contributed by atoms with Gasteiger partial charge in [0.1, 0.15) is 0 Å². The predicted octanol–water partition coefficient (Wildman–Crippen LogP) is 2.24. The van der Waals surface area contributed by atoms with Crippen molar-refractivity contribution >= 4 is 24.0 Å². The van der Waals surface area contributed by atoms with E-state index in [1.165, 1.54) is 12.1 Å². The summed E-state index contributed by atoms with van der Waals surface area (Å²) in [7, 11) is 0. The fourth-order valence-corrected chi connectivity index (χ4v) is 2.12. The van der Waals surface area contributed by atoms with E-state index in [2.05, 4.69) is 0 Å². The molecule has 0 spiro atoms. The van der Waals surface area contributed by atoms with E-state index in [1.807, 2.05) is 11.8 Å². The molecule has 1 aliphatic rings. The lowest BCUT2D eigenvalue weighted by atomic mass is 10.1. The van der Waals surface area contributed by atoms with Gasteiger partial charge in [-0.3, -0.25) is 14.9 Å². The second kappa shape index (κ2) is 7.38. The average Bonchev–Trinajstić information content (AvgIpc) is 3.19. The van der Waals surface area contributed by atoms with Crippen LogP contribution in [0.4, 0.5) is 5.69 Å². The van der Waals surface area contributed by atoms with Gasteiger partial charge in [-0.2, -0.15) is 0 Å². The van der Waals surface area contributed by atoms with E-state index in [1.54, 1.807) is 12.1 Å². The zero-order valence-electron chi connectivity index (χ0n) is 11.9. The van der Waals surface area contributed by atoms with Gasteiger partial charge < -0.3 is 10.6 Å². The normalized spacial score (nSPS) is 15.0. The van der Waals surface area contributed by atoms with Crippen LogP contribution in [0.15, 0.2) is 24.3 Å². The summed E-state index contributed by atoms with van der Waals surface area (Å²) in [6.45, 7) is 2.31. The number of rotatable bonds is 6. The second-order valence-corrected chi connectivity index (χ2v) is 5.36. The van der Waals surface area contributed by atoms with Crippen LogP contribution in [0, 0.1) is 10.1 Å². The van der Waals surface area contributed by atoms with Crippen LogP contribution in [0.2, 0.25) is 0 Å². The van der Waals surface area contributed by atoms with E-state index in [9.17, 15) is 14.9 Å². The number of halogens is 1. The standard InChI is InChI=1S/C14H19N3O3.ClH/c1-10(15)8-14(18)16(12-6-7-12)9-11-2-4-13(5-3-11)17(19)20;/h2-5,10,12H,6-9,15H2,1H3;1H. The molecule has 0 bridgehead atoms. The largest absolute Gasteiger partial charge is 0.335 e. The summed E-state index contributed by atoms with van der Waals surface area (Å²) in [4.78, 5) is 24.2. The lowest BCUT2D eigenvalue weighted by Gasteiger charge is -2.23. The molecule has 116 valence electrons. The molecule has 0 heterocycles. The Balaban J connectivity index is 0.00000220. The molecule has 1 unspecified atom stereocenters. The monoisotopic (exact) mass is 313 g/mol. The maximum absolute atomic E-state index is 12.2. The van der Waals surface area contributed by atoms with E-state index in [0.717, 1.165) is 18.4 Å². The molecule has 21 heavy (non-hydrogen) atoms. The predicted molar refractivity (Wildman–Crippen MR) is 82.2 cm³/mol. The molecule has 2 N–H and O–H groups in total. The zero-order valence-corrected chi connectivity index (χ0v) is 12.7. The molecule has 7 heteroatoms. The Bertz CT molecular complexity index is 501. The Morgan fingerprint density at radius 2 is 2.00 bits per heavy atom. The van der Waals surface area contributed by atoms with Crippen LogP contribution < -0.4 is 5.73 Å². The van der Waals surface area contributed by atoms with Gasteiger partial charge in [-0.1, -0.05) is 12.1 Å². The molecule has 1 aromatic rings. The molecule has 1 aliphatic carbocycles. The first-order valence-electron chi connectivity index (χ1n) is 6.75. The first kappa shape index (κ1) is 17.4. The van der Waals surface area contributed by atoms with Gasteiger partial charge in [0.15, 0.2) is 0 Å². The van der Waals surface area contributed by atoms with E-state index in [0.29, 0.717) is 19.0 Å². The van der Waals surface area contributed by atoms with Crippen LogP contribution in [-0.2, 0) is 11.3 Å². The fraction of sp³-hybridized carbons (Fsp3) is 0.500. The maximum atomic E-state index is 12.2. The van der Waals surface area contributed by atoms with Crippen molar-refractivity contribution in [3.8, 4) is 0 Å². The lowest BCUT2D eigenvalue weighted by Crippen LogP contribution is -2.36. The average molecular weight is 314 g/mol. The van der Waals surface area contributed by atoms with Crippen molar-refractivity contribution in [1.82, 2.24) is 4.90 Å². The Morgan fingerprint density at radius 1 is 1.43 bits per heavy atom. The SMILES string of the molecule is CC(N)CC(=O)N(Cc1ccc([N+](=O)[O-])cc1)C1CC1.Cl. The maximum Gasteiger partial charge on any atom is 0.269 e. The number of carbonyl (C=O) groups is 1. The van der Waals surface area contributed by atoms with E-state index >= 15 is 0 Å². The highest BCUT2D eigenvalue weighted by Crippen LogP contribution is 2.29. The van der Waals surface area contributed by atoms with Crippen molar-refractivity contribution < 1.29 is 9.72 Å². The highest BCUT2D eigenvalue weighted by atomic mass is 35.5. The summed E-state index contributed by atoms with van der Waals surface area (Å²) in [6.07, 6.45) is 2.39. The third kappa shape index (κ3) is 4.99. The van der Waals surface area contributed by atoms with Crippen LogP contribution in [0.1, 0.15) is 31.7 Å². The highest BCUT2D eigenvalue weighted by molar-refractivity contribution is 5.85. The van der Waals surface area contributed by atoms with Gasteiger partial charge in [-0.15, -0.1) is 12.4 Å². The summed E-state index contributed by atoms with van der Waals surface area (Å²) in [5.74, 6) is 0.0563. The number of amides is 1. The molecule has 1 atom stereocenters. The number of nitrogens with two attached hydrogens (primary N) is 1. The van der Waals surface area contributed by atoms with Crippen molar-refractivity contribution in [3.63, 3.8) is 0 Å². The topological polar surface area (TPSA) is 89.5 Å². The second-order valence-electron chi connectivity index (χ2n) is 5.36. The number of nitro benzene ring substituents is 1. The molecule has 1 amide bonds. The number of hydrogen-bond donors (Lipinski definition) is 1. The minimum atomic E-state index is -0.427. The molecular formula is C14H20ClN3O3. The van der Waals surface area contributed by atoms with E-state index in [-0.39, 0.29) is 30.0 Å². The van der Waals surface area contributed by atoms with Crippen LogP contribution in [0.25, 0.3) is 0 Å². The first-order valence-corrected chi connectivity index (χ1v) is 6.75. The van der Waals surface area contributed by atoms with Crippen molar-refractivity contribution in [3.05, 3.63) is 39.9 Å². The summed E-state index contributed by atoms with van der Waals surface area (Å²) >= 11 is 0. The van der Waals surface area contributed by atoms with Gasteiger partial charge in [-0.05, 0) is 25.3 Å². The van der Waals surface area contributed by atoms with Crippen LogP contribution in [-0.4, -0.2) is 27.8 Å². The van der Waals surface area contributed by atoms with Gasteiger partial charge in [0.05, 0.1) is 4.92 Å². The van der Waals surface area contributed by atoms with Gasteiger partial charge >= 0.3 is 0 Å². The minimum Gasteiger partial charge on any atom is -0.335 e. The molecule has 1 aromatic carbocycles. The Labute approximate surface area is 129 Å². The van der Waals surface area contributed by atoms with Gasteiger partial charge in [0, 0.05) is 37.2 Å². The van der Waals surface area contributed by atoms with Crippen molar-refractivity contribution in [2.75, 3.05) is 0 Å². The number of hydrogen-bond acceptors (Lipinski definition) is 4. The molecule has 0 radical (unpaired) electrons. The molecule has 1 saturated carbocycles. The molecule has 6 nitrogen and oxygen atoms in total. The number of nitro groups is 1. The molecule has 1 fully saturated rings. The molecular weight excluding hydrogens is 294 g/mol. The van der Waals surface area contributed by atoms with Crippen molar-refractivity contribution in [2.45, 2.75) is 44.8 Å². The Hall–Kier alpha value is -1.66. The van der Waals surface area contributed by atoms with Crippen LogP contribution in [0.3, 0.4) is 0 Å². The van der Waals surface area contributed by atoms with Crippen LogP contribution >= 0.6 is 12.4 Å². The third-order valence-corrected chi connectivity index (χ3v) is 3.30. The minimum absolute atomic E-state index is 0. The van der Waals surface area contributed by atoms with Gasteiger partial charge in [0.25, 0.3) is 5.69 Å². The van der Waals surface area contributed by atoms with Gasteiger partial charge in [-0.25, -0.2) is 0 Å². The first-order chi connectivity index (χ1) is 9.47. The Morgan fingerprint density at radius 3 is 2.43 bits per heavy atom. The smallest absolute Gasteiger partial charge is 0.269 e. The number of benzene rings is 1. The quantitative estimate of drug-likeness (QED) is 0.644.